The SMILES string of the molecule is Cn1nccc1C(O)c1cn[nH]c1-c1ccc(F)cc1. The van der Waals surface area contributed by atoms with E-state index >= 15 is 0 Å². The average molecular weight is 272 g/mol. The first-order valence-corrected chi connectivity index (χ1v) is 6.12. The van der Waals surface area contributed by atoms with Gasteiger partial charge in [-0.05, 0) is 30.3 Å². The van der Waals surface area contributed by atoms with Crippen molar-refractivity contribution in [2.75, 3.05) is 0 Å². The first-order valence-electron chi connectivity index (χ1n) is 6.12. The molecule has 0 radical (unpaired) electrons. The van der Waals surface area contributed by atoms with Crippen LogP contribution in [0.3, 0.4) is 0 Å². The van der Waals surface area contributed by atoms with Crippen molar-refractivity contribution in [2.24, 2.45) is 7.05 Å². The number of nitrogens with one attached hydrogen (secondary N) is 1. The van der Waals surface area contributed by atoms with Gasteiger partial charge in [-0.15, -0.1) is 0 Å². The molecule has 0 saturated heterocycles. The maximum atomic E-state index is 13.0. The molecule has 0 bridgehead atoms. The van der Waals surface area contributed by atoms with Crippen LogP contribution in [-0.4, -0.2) is 25.1 Å². The maximum absolute atomic E-state index is 13.0. The standard InChI is InChI=1S/C14H13FN4O/c1-19-12(6-7-17-19)14(20)11-8-16-18-13(11)9-2-4-10(15)5-3-9/h2-8,14,20H,1H3,(H,16,18). The molecule has 102 valence electrons. The number of H-pyrrole nitrogens is 1. The van der Waals surface area contributed by atoms with Gasteiger partial charge in [0, 0.05) is 24.4 Å². The summed E-state index contributed by atoms with van der Waals surface area (Å²) in [5.41, 5.74) is 2.72. The van der Waals surface area contributed by atoms with Crippen LogP contribution in [0, 0.1) is 5.82 Å². The summed E-state index contributed by atoms with van der Waals surface area (Å²) in [5, 5.41) is 21.3. The lowest BCUT2D eigenvalue weighted by molar-refractivity contribution is 0.210. The Morgan fingerprint density at radius 3 is 2.65 bits per heavy atom. The van der Waals surface area contributed by atoms with Gasteiger partial charge in [-0.3, -0.25) is 9.78 Å². The van der Waals surface area contributed by atoms with Crippen LogP contribution in [0.4, 0.5) is 4.39 Å². The van der Waals surface area contributed by atoms with Gasteiger partial charge in [0.1, 0.15) is 11.9 Å². The van der Waals surface area contributed by atoms with E-state index in [0.717, 1.165) is 5.56 Å². The van der Waals surface area contributed by atoms with Gasteiger partial charge in [-0.25, -0.2) is 4.39 Å². The van der Waals surface area contributed by atoms with Crippen molar-refractivity contribution in [3.05, 3.63) is 59.8 Å². The van der Waals surface area contributed by atoms with Crippen molar-refractivity contribution in [2.45, 2.75) is 6.10 Å². The molecule has 0 aliphatic rings. The van der Waals surface area contributed by atoms with Crippen molar-refractivity contribution >= 4 is 0 Å². The minimum Gasteiger partial charge on any atom is -0.382 e. The first kappa shape index (κ1) is 12.6. The molecular formula is C14H13FN4O. The number of aromatic nitrogens is 4. The minimum atomic E-state index is -0.846. The molecule has 6 heteroatoms. The Morgan fingerprint density at radius 1 is 1.25 bits per heavy atom. The number of aryl methyl sites for hydroxylation is 1. The van der Waals surface area contributed by atoms with Gasteiger partial charge in [-0.1, -0.05) is 0 Å². The summed E-state index contributed by atoms with van der Waals surface area (Å²) in [4.78, 5) is 0. The van der Waals surface area contributed by atoms with E-state index in [1.807, 2.05) is 0 Å². The van der Waals surface area contributed by atoms with Gasteiger partial charge in [0.2, 0.25) is 0 Å². The van der Waals surface area contributed by atoms with E-state index in [-0.39, 0.29) is 5.82 Å². The molecule has 1 aromatic carbocycles. The third kappa shape index (κ3) is 2.10. The van der Waals surface area contributed by atoms with Crippen LogP contribution in [0.5, 0.6) is 0 Å². The second-order valence-electron chi connectivity index (χ2n) is 4.49. The highest BCUT2D eigenvalue weighted by atomic mass is 19.1. The minimum absolute atomic E-state index is 0.304. The zero-order valence-electron chi connectivity index (χ0n) is 10.8. The molecule has 3 rings (SSSR count). The Hall–Kier alpha value is -2.47. The van der Waals surface area contributed by atoms with Gasteiger partial charge in [-0.2, -0.15) is 10.2 Å². The Morgan fingerprint density at radius 2 is 2.00 bits per heavy atom. The molecule has 0 amide bonds. The number of benzene rings is 1. The molecule has 0 fully saturated rings. The monoisotopic (exact) mass is 272 g/mol. The number of nitrogens with zero attached hydrogens (tertiary/aromatic N) is 3. The molecule has 0 spiro atoms. The fourth-order valence-electron chi connectivity index (χ4n) is 2.16. The van der Waals surface area contributed by atoms with E-state index in [2.05, 4.69) is 15.3 Å². The second-order valence-corrected chi connectivity index (χ2v) is 4.49. The molecule has 1 unspecified atom stereocenters. The molecule has 2 N–H and O–H groups in total. The Balaban J connectivity index is 2.02. The van der Waals surface area contributed by atoms with Gasteiger partial charge in [0.15, 0.2) is 0 Å². The summed E-state index contributed by atoms with van der Waals surface area (Å²) in [7, 11) is 1.76. The number of rotatable bonds is 3. The summed E-state index contributed by atoms with van der Waals surface area (Å²) in [6.45, 7) is 0. The lowest BCUT2D eigenvalue weighted by atomic mass is 10.0. The Bertz CT molecular complexity index is 717. The first-order chi connectivity index (χ1) is 9.66. The predicted octanol–water partition coefficient (Wildman–Crippen LogP) is 2.03. The van der Waals surface area contributed by atoms with Gasteiger partial charge in [0.05, 0.1) is 17.6 Å². The fourth-order valence-corrected chi connectivity index (χ4v) is 2.16. The number of hydrogen-bond acceptors (Lipinski definition) is 3. The summed E-state index contributed by atoms with van der Waals surface area (Å²) >= 11 is 0. The highest BCUT2D eigenvalue weighted by Crippen LogP contribution is 2.29. The second kappa shape index (κ2) is 4.90. The number of hydrogen-bond donors (Lipinski definition) is 2. The molecule has 2 aromatic heterocycles. The van der Waals surface area contributed by atoms with Crippen LogP contribution in [-0.2, 0) is 7.05 Å². The van der Waals surface area contributed by atoms with Crippen LogP contribution >= 0.6 is 0 Å². The molecule has 2 heterocycles. The van der Waals surface area contributed by atoms with Crippen molar-refractivity contribution in [1.29, 1.82) is 0 Å². The Labute approximate surface area is 114 Å². The zero-order valence-corrected chi connectivity index (χ0v) is 10.8. The summed E-state index contributed by atoms with van der Waals surface area (Å²) in [5.74, 6) is -0.304. The van der Waals surface area contributed by atoms with Crippen molar-refractivity contribution in [3.8, 4) is 11.3 Å². The van der Waals surface area contributed by atoms with Gasteiger partial charge < -0.3 is 5.11 Å². The summed E-state index contributed by atoms with van der Waals surface area (Å²) in [6, 6.07) is 7.77. The van der Waals surface area contributed by atoms with E-state index in [9.17, 15) is 9.50 Å². The van der Waals surface area contributed by atoms with E-state index in [4.69, 9.17) is 0 Å². The van der Waals surface area contributed by atoms with E-state index in [0.29, 0.717) is 17.0 Å². The third-order valence-electron chi connectivity index (χ3n) is 3.24. The highest BCUT2D eigenvalue weighted by Gasteiger charge is 2.20. The third-order valence-corrected chi connectivity index (χ3v) is 3.24. The molecule has 0 aliphatic heterocycles. The van der Waals surface area contributed by atoms with Crippen molar-refractivity contribution in [3.63, 3.8) is 0 Å². The summed E-state index contributed by atoms with van der Waals surface area (Å²) < 4.78 is 14.6. The zero-order chi connectivity index (χ0) is 14.1. The van der Waals surface area contributed by atoms with Crippen molar-refractivity contribution < 1.29 is 9.50 Å². The molecule has 20 heavy (non-hydrogen) atoms. The van der Waals surface area contributed by atoms with Gasteiger partial charge in [0.25, 0.3) is 0 Å². The van der Waals surface area contributed by atoms with Crippen LogP contribution in [0.2, 0.25) is 0 Å². The topological polar surface area (TPSA) is 66.7 Å². The molecule has 5 nitrogen and oxygen atoms in total. The number of aliphatic hydroxyl groups is 1. The van der Waals surface area contributed by atoms with Crippen LogP contribution in [0.1, 0.15) is 17.4 Å². The quantitative estimate of drug-likeness (QED) is 0.766. The van der Waals surface area contributed by atoms with E-state index in [1.165, 1.54) is 12.1 Å². The van der Waals surface area contributed by atoms with Gasteiger partial charge >= 0.3 is 0 Å². The van der Waals surface area contributed by atoms with E-state index < -0.39 is 6.10 Å². The largest absolute Gasteiger partial charge is 0.382 e. The summed E-state index contributed by atoms with van der Waals surface area (Å²) in [6.07, 6.45) is 2.34. The number of halogens is 1. The van der Waals surface area contributed by atoms with Crippen molar-refractivity contribution in [1.82, 2.24) is 20.0 Å². The molecule has 0 aliphatic carbocycles. The number of aromatic amines is 1. The van der Waals surface area contributed by atoms with Crippen LogP contribution < -0.4 is 0 Å². The fraction of sp³-hybridized carbons (Fsp3) is 0.143. The van der Waals surface area contributed by atoms with Crippen LogP contribution in [0.15, 0.2) is 42.7 Å². The normalized spacial score (nSPS) is 12.6. The lowest BCUT2D eigenvalue weighted by Gasteiger charge is -2.11. The average Bonchev–Trinajstić information content (AvgIpc) is 3.07. The lowest BCUT2D eigenvalue weighted by Crippen LogP contribution is -2.06. The van der Waals surface area contributed by atoms with Crippen LogP contribution in [0.25, 0.3) is 11.3 Å². The Kier molecular flexibility index (Phi) is 3.08. The van der Waals surface area contributed by atoms with E-state index in [1.54, 1.807) is 42.3 Å². The molecule has 0 saturated carbocycles. The molecule has 3 aromatic rings. The smallest absolute Gasteiger partial charge is 0.124 e. The number of aliphatic hydroxyl groups excluding tert-OH is 1. The molecular weight excluding hydrogens is 259 g/mol. The maximum Gasteiger partial charge on any atom is 0.124 e. The molecule has 1 atom stereocenters. The highest BCUT2D eigenvalue weighted by molar-refractivity contribution is 5.63. The predicted molar refractivity (Wildman–Crippen MR) is 71.3 cm³/mol.